The number of nitrogens with zero attached hydrogens (tertiary/aromatic N) is 3. The fourth-order valence-electron chi connectivity index (χ4n) is 1.95. The second kappa shape index (κ2) is 8.46. The van der Waals surface area contributed by atoms with E-state index in [-0.39, 0.29) is 25.7 Å². The van der Waals surface area contributed by atoms with E-state index < -0.39 is 15.9 Å². The quantitative estimate of drug-likeness (QED) is 0.237. The molecule has 2 aromatic rings. The monoisotopic (exact) mass is 429 g/mol. The maximum Gasteiger partial charge on any atom is 0.284 e. The number of hydrogen-bond donors (Lipinski definition) is 2. The third-order valence-corrected chi connectivity index (χ3v) is 5.61. The summed E-state index contributed by atoms with van der Waals surface area (Å²) in [6, 6.07) is 9.79. The molecule has 0 aliphatic rings. The van der Waals surface area contributed by atoms with Gasteiger partial charge in [0.15, 0.2) is 0 Å². The lowest BCUT2D eigenvalue weighted by Gasteiger charge is -2.19. The van der Waals surface area contributed by atoms with Crippen LogP contribution in [0.2, 0.25) is 10.0 Å². The maximum atomic E-state index is 12.6. The highest BCUT2D eigenvalue weighted by molar-refractivity contribution is 7.92. The number of carbonyl (C=O) groups is 1. The van der Waals surface area contributed by atoms with Gasteiger partial charge in [0.2, 0.25) is 0 Å². The molecule has 12 heteroatoms. The van der Waals surface area contributed by atoms with E-state index in [1.807, 2.05) is 0 Å². The molecule has 0 unspecified atom stereocenters. The zero-order valence-electron chi connectivity index (χ0n) is 13.5. The summed E-state index contributed by atoms with van der Waals surface area (Å²) in [7, 11) is -4.11. The van der Waals surface area contributed by atoms with Crippen molar-refractivity contribution in [2.45, 2.75) is 4.90 Å². The van der Waals surface area contributed by atoms with Gasteiger partial charge in [0.05, 0.1) is 16.0 Å². The van der Waals surface area contributed by atoms with Gasteiger partial charge in [-0.2, -0.15) is 8.42 Å². The van der Waals surface area contributed by atoms with E-state index in [1.165, 1.54) is 48.5 Å². The fraction of sp³-hybridized carbons (Fsp3) is 0. The molecule has 0 spiro atoms. The normalized spacial score (nSPS) is 11.4. The third kappa shape index (κ3) is 4.81. The zero-order valence-corrected chi connectivity index (χ0v) is 15.8. The summed E-state index contributed by atoms with van der Waals surface area (Å²) in [5, 5.41) is 2.61. The highest BCUT2D eigenvalue weighted by atomic mass is 35.5. The highest BCUT2D eigenvalue weighted by Crippen LogP contribution is 2.28. The number of hydrazine groups is 2. The molecule has 4 N–H and O–H groups in total. The van der Waals surface area contributed by atoms with Crippen molar-refractivity contribution < 1.29 is 13.2 Å². The van der Waals surface area contributed by atoms with Crippen LogP contribution in [-0.2, 0) is 14.8 Å². The molecule has 0 bridgehead atoms. The van der Waals surface area contributed by atoms with Gasteiger partial charge in [-0.3, -0.25) is 4.79 Å². The summed E-state index contributed by atoms with van der Waals surface area (Å²) < 4.78 is 25.8. The van der Waals surface area contributed by atoms with E-state index in [9.17, 15) is 18.1 Å². The van der Waals surface area contributed by atoms with Crippen LogP contribution < -0.4 is 16.1 Å². The molecule has 27 heavy (non-hydrogen) atoms. The number of sulfonamides is 1. The van der Waals surface area contributed by atoms with Crippen LogP contribution in [0.1, 0.15) is 5.56 Å². The average Bonchev–Trinajstić information content (AvgIpc) is 2.64. The molecule has 142 valence electrons. The Bertz CT molecular complexity index is 996. The second-order valence-corrected chi connectivity index (χ2v) is 7.69. The lowest BCUT2D eigenvalue weighted by Crippen LogP contribution is -2.37. The van der Waals surface area contributed by atoms with Crippen molar-refractivity contribution in [2.24, 2.45) is 17.0 Å². The molecule has 0 aromatic heterocycles. The van der Waals surface area contributed by atoms with Gasteiger partial charge in [-0.15, -0.1) is 10.0 Å². The zero-order chi connectivity index (χ0) is 20.2. The van der Waals surface area contributed by atoms with E-state index in [2.05, 4.69) is 5.29 Å². The van der Waals surface area contributed by atoms with E-state index in [4.69, 9.17) is 34.9 Å². The number of amides is 1. The number of benzene rings is 2. The minimum atomic E-state index is -4.11. The molecule has 0 aliphatic heterocycles. The molecule has 1 amide bonds. The first-order valence-corrected chi connectivity index (χ1v) is 9.31. The first-order chi connectivity index (χ1) is 12.7. The summed E-state index contributed by atoms with van der Waals surface area (Å²) >= 11 is 11.7. The molecular weight excluding hydrogens is 417 g/mol. The Labute approximate surface area is 164 Å². The number of nitrogens with two attached hydrogens (primary N) is 2. The van der Waals surface area contributed by atoms with Crippen LogP contribution >= 0.6 is 23.2 Å². The Hall–Kier alpha value is -2.50. The highest BCUT2D eigenvalue weighted by Gasteiger charge is 2.25. The summed E-state index contributed by atoms with van der Waals surface area (Å²) in [5.74, 6) is 9.94. The largest absolute Gasteiger partial charge is 0.284 e. The van der Waals surface area contributed by atoms with E-state index in [0.29, 0.717) is 9.98 Å². The predicted octanol–water partition coefficient (Wildman–Crippen LogP) is 2.46. The van der Waals surface area contributed by atoms with Crippen LogP contribution in [0.4, 0.5) is 5.69 Å². The molecule has 0 atom stereocenters. The van der Waals surface area contributed by atoms with E-state index in [0.717, 1.165) is 6.08 Å². The first kappa shape index (κ1) is 20.8. The SMILES string of the molecule is NN(N=O)C(=O)/C=C/c1ccc(N(N)S(=O)(=O)c2ccc(Cl)cc2Cl)cc1. The molecule has 9 nitrogen and oxygen atoms in total. The van der Waals surface area contributed by atoms with E-state index >= 15 is 0 Å². The van der Waals surface area contributed by atoms with Gasteiger partial charge in [-0.25, -0.2) is 16.1 Å². The van der Waals surface area contributed by atoms with Gasteiger partial charge in [0.25, 0.3) is 15.9 Å². The predicted molar refractivity (Wildman–Crippen MR) is 103 cm³/mol. The molecule has 0 fully saturated rings. The number of carbonyl (C=O) groups excluding carboxylic acids is 1. The van der Waals surface area contributed by atoms with Crippen LogP contribution in [0.15, 0.2) is 58.7 Å². The number of halogens is 2. The Balaban J connectivity index is 2.24. The second-order valence-electron chi connectivity index (χ2n) is 5.06. The number of rotatable bonds is 6. The Morgan fingerprint density at radius 3 is 2.26 bits per heavy atom. The molecule has 2 aromatic carbocycles. The number of hydrogen-bond acceptors (Lipinski definition) is 7. The lowest BCUT2D eigenvalue weighted by molar-refractivity contribution is -0.126. The molecule has 0 saturated carbocycles. The molecule has 0 radical (unpaired) electrons. The smallest absolute Gasteiger partial charge is 0.266 e. The average molecular weight is 430 g/mol. The standard InChI is InChI=1S/C15H13Cl2N5O4S/c16-11-4-7-14(13(17)9-11)27(25,26)22(19)12-5-1-10(2-6-12)3-8-15(23)21(18)20-24/h1-9H,18-19H2/b8-3+. The van der Waals surface area contributed by atoms with Gasteiger partial charge < -0.3 is 0 Å². The summed E-state index contributed by atoms with van der Waals surface area (Å²) in [4.78, 5) is 21.3. The first-order valence-electron chi connectivity index (χ1n) is 7.12. The van der Waals surface area contributed by atoms with Gasteiger partial charge in [-0.1, -0.05) is 35.3 Å². The lowest BCUT2D eigenvalue weighted by atomic mass is 10.2. The maximum absolute atomic E-state index is 12.6. The Morgan fingerprint density at radius 2 is 1.70 bits per heavy atom. The van der Waals surface area contributed by atoms with Crippen LogP contribution in [0.25, 0.3) is 6.08 Å². The van der Waals surface area contributed by atoms with Gasteiger partial charge in [0, 0.05) is 11.1 Å². The van der Waals surface area contributed by atoms with E-state index in [1.54, 1.807) is 0 Å². The molecule has 0 saturated heterocycles. The third-order valence-electron chi connectivity index (χ3n) is 3.31. The Kier molecular flexibility index (Phi) is 6.52. The van der Waals surface area contributed by atoms with Crippen molar-refractivity contribution in [3.63, 3.8) is 0 Å². The summed E-state index contributed by atoms with van der Waals surface area (Å²) in [6.45, 7) is 0. The van der Waals surface area contributed by atoms with Gasteiger partial charge in [-0.05, 0) is 42.0 Å². The molecule has 0 heterocycles. The van der Waals surface area contributed by atoms with Gasteiger partial charge in [0.1, 0.15) is 4.90 Å². The van der Waals surface area contributed by atoms with Crippen molar-refractivity contribution in [3.8, 4) is 0 Å². The molecule has 2 rings (SSSR count). The van der Waals surface area contributed by atoms with Crippen LogP contribution in [0, 0.1) is 4.91 Å². The van der Waals surface area contributed by atoms with Crippen molar-refractivity contribution in [1.29, 1.82) is 0 Å². The van der Waals surface area contributed by atoms with Crippen molar-refractivity contribution in [2.75, 3.05) is 4.41 Å². The summed E-state index contributed by atoms with van der Waals surface area (Å²) in [5.41, 5.74) is 0.682. The minimum absolute atomic E-state index is 0.0638. The molecule has 0 aliphatic carbocycles. The van der Waals surface area contributed by atoms with Crippen LogP contribution in [0.3, 0.4) is 0 Å². The minimum Gasteiger partial charge on any atom is -0.266 e. The van der Waals surface area contributed by atoms with Crippen molar-refractivity contribution >= 4 is 50.9 Å². The topological polar surface area (TPSA) is 139 Å². The van der Waals surface area contributed by atoms with Crippen molar-refractivity contribution in [3.05, 3.63) is 69.1 Å². The number of anilines is 1. The Morgan fingerprint density at radius 1 is 1.07 bits per heavy atom. The van der Waals surface area contributed by atoms with Gasteiger partial charge >= 0.3 is 0 Å². The van der Waals surface area contributed by atoms with Crippen molar-refractivity contribution in [1.82, 2.24) is 5.12 Å². The molecular formula is C15H13Cl2N5O4S. The van der Waals surface area contributed by atoms with Crippen LogP contribution in [-0.4, -0.2) is 19.4 Å². The van der Waals surface area contributed by atoms with Crippen LogP contribution in [0.5, 0.6) is 0 Å². The number of nitroso groups, excluding NO2 is 1. The fourth-order valence-corrected chi connectivity index (χ4v) is 3.80. The summed E-state index contributed by atoms with van der Waals surface area (Å²) in [6.07, 6.45) is 2.39.